The highest BCUT2D eigenvalue weighted by Crippen LogP contribution is 2.26. The molecule has 4 rings (SSSR count). The molecule has 0 N–H and O–H groups in total. The Labute approximate surface area is 212 Å². The zero-order chi connectivity index (χ0) is 26.4. The van der Waals surface area contributed by atoms with Crippen molar-refractivity contribution in [2.45, 2.75) is 32.3 Å². The molecule has 0 unspecified atom stereocenters. The van der Waals surface area contributed by atoms with E-state index in [1.807, 2.05) is 12.1 Å². The maximum absolute atomic E-state index is 15.2. The summed E-state index contributed by atoms with van der Waals surface area (Å²) in [7, 11) is 0. The van der Waals surface area contributed by atoms with E-state index in [1.54, 1.807) is 30.3 Å². The Bertz CT molecular complexity index is 1360. The largest absolute Gasteiger partial charge is 0.489 e. The summed E-state index contributed by atoms with van der Waals surface area (Å²) >= 11 is 0. The first kappa shape index (κ1) is 26.2. The summed E-state index contributed by atoms with van der Waals surface area (Å²) in [6.07, 6.45) is 2.98. The van der Waals surface area contributed by atoms with Crippen molar-refractivity contribution < 1.29 is 31.4 Å². The molecule has 4 aromatic rings. The summed E-state index contributed by atoms with van der Waals surface area (Å²) in [5, 5.41) is 1.16. The molecule has 0 fully saturated rings. The molecule has 0 atom stereocenters. The van der Waals surface area contributed by atoms with Crippen LogP contribution in [0.1, 0.15) is 22.3 Å². The first-order valence-electron chi connectivity index (χ1n) is 11.8. The van der Waals surface area contributed by atoms with Gasteiger partial charge in [-0.2, -0.15) is 8.78 Å². The molecule has 0 aliphatic heterocycles. The molecule has 0 saturated heterocycles. The summed E-state index contributed by atoms with van der Waals surface area (Å²) in [5.41, 5.74) is 2.21. The third-order valence-electron chi connectivity index (χ3n) is 6.08. The third kappa shape index (κ3) is 6.67. The molecule has 0 saturated carbocycles. The number of hydrogen-bond donors (Lipinski definition) is 0. The van der Waals surface area contributed by atoms with Gasteiger partial charge in [0.15, 0.2) is 0 Å². The van der Waals surface area contributed by atoms with Gasteiger partial charge in [0.2, 0.25) is 0 Å². The predicted octanol–water partition coefficient (Wildman–Crippen LogP) is 7.99. The maximum Gasteiger partial charge on any atom is 0.387 e. The van der Waals surface area contributed by atoms with Crippen LogP contribution in [0.15, 0.2) is 79.4 Å². The molecule has 0 aliphatic carbocycles. The Morgan fingerprint density at radius 1 is 0.730 bits per heavy atom. The number of alkyl halides is 2. The number of halogens is 5. The zero-order valence-electron chi connectivity index (χ0n) is 20.0. The van der Waals surface area contributed by atoms with Gasteiger partial charge in [-0.05, 0) is 59.9 Å². The lowest BCUT2D eigenvalue weighted by molar-refractivity contribution is -0.0498. The van der Waals surface area contributed by atoms with Crippen molar-refractivity contribution in [1.29, 1.82) is 0 Å². The SMILES string of the molecule is C=CCOc1cc(F)c(CCc2ccc3c(F)c(CCc4ccc(OC(F)F)cc4)ccc3c2)c(F)c1. The van der Waals surface area contributed by atoms with Gasteiger partial charge >= 0.3 is 6.61 Å². The highest BCUT2D eigenvalue weighted by atomic mass is 19.3. The van der Waals surface area contributed by atoms with E-state index in [0.29, 0.717) is 35.6 Å². The van der Waals surface area contributed by atoms with E-state index in [4.69, 9.17) is 4.74 Å². The number of fused-ring (bicyclic) bond motifs is 1. The van der Waals surface area contributed by atoms with Crippen molar-refractivity contribution in [3.63, 3.8) is 0 Å². The highest BCUT2D eigenvalue weighted by molar-refractivity contribution is 5.84. The molecule has 4 aromatic carbocycles. The van der Waals surface area contributed by atoms with Crippen molar-refractivity contribution in [2.75, 3.05) is 6.61 Å². The third-order valence-corrected chi connectivity index (χ3v) is 6.08. The van der Waals surface area contributed by atoms with Gasteiger partial charge in [0.1, 0.15) is 35.6 Å². The van der Waals surface area contributed by atoms with E-state index in [0.717, 1.165) is 23.3 Å². The van der Waals surface area contributed by atoms with Crippen LogP contribution >= 0.6 is 0 Å². The molecule has 0 amide bonds. The quantitative estimate of drug-likeness (QED) is 0.150. The first-order valence-corrected chi connectivity index (χ1v) is 11.8. The molecule has 37 heavy (non-hydrogen) atoms. The van der Waals surface area contributed by atoms with Crippen LogP contribution in [0.5, 0.6) is 11.5 Å². The monoisotopic (exact) mass is 512 g/mol. The minimum Gasteiger partial charge on any atom is -0.489 e. The van der Waals surface area contributed by atoms with Crippen molar-refractivity contribution in [2.24, 2.45) is 0 Å². The first-order chi connectivity index (χ1) is 17.8. The summed E-state index contributed by atoms with van der Waals surface area (Å²) in [4.78, 5) is 0. The van der Waals surface area contributed by atoms with E-state index < -0.39 is 18.2 Å². The average Bonchev–Trinajstić information content (AvgIpc) is 2.87. The topological polar surface area (TPSA) is 18.5 Å². The van der Waals surface area contributed by atoms with Gasteiger partial charge in [-0.25, -0.2) is 13.2 Å². The summed E-state index contributed by atoms with van der Waals surface area (Å²) < 4.78 is 78.1. The van der Waals surface area contributed by atoms with Gasteiger partial charge in [0, 0.05) is 23.1 Å². The van der Waals surface area contributed by atoms with Crippen LogP contribution in [0, 0.1) is 17.5 Å². The van der Waals surface area contributed by atoms with Crippen LogP contribution in [0.3, 0.4) is 0 Å². The fraction of sp³-hybridized carbons (Fsp3) is 0.200. The number of ether oxygens (including phenoxy) is 2. The second kappa shape index (κ2) is 11.9. The molecule has 0 aliphatic rings. The molecule has 0 heterocycles. The molecule has 7 heteroatoms. The Morgan fingerprint density at radius 3 is 2.08 bits per heavy atom. The van der Waals surface area contributed by atoms with Crippen LogP contribution in [-0.2, 0) is 25.7 Å². The highest BCUT2D eigenvalue weighted by Gasteiger charge is 2.13. The standard InChI is InChI=1S/C30H25F5O2/c1-2-15-36-24-17-27(31)26(28(32)18-24)14-7-20-6-13-25-22(16-20)10-9-21(29(25)33)8-3-19-4-11-23(12-5-19)37-30(34)35/h2,4-6,9-13,16-18,30H,1,3,7-8,14-15H2. The second-order valence-corrected chi connectivity index (χ2v) is 8.58. The number of rotatable bonds is 11. The molecule has 192 valence electrons. The van der Waals surface area contributed by atoms with Gasteiger partial charge in [-0.3, -0.25) is 0 Å². The summed E-state index contributed by atoms with van der Waals surface area (Å²) in [6.45, 7) is 0.778. The van der Waals surface area contributed by atoms with E-state index in [9.17, 15) is 17.6 Å². The normalized spacial score (nSPS) is 11.2. The van der Waals surface area contributed by atoms with Gasteiger partial charge in [-0.1, -0.05) is 55.1 Å². The lowest BCUT2D eigenvalue weighted by Gasteiger charge is -2.11. The van der Waals surface area contributed by atoms with E-state index in [-0.39, 0.29) is 35.9 Å². The number of aryl methyl sites for hydroxylation is 3. The minimum atomic E-state index is -2.88. The van der Waals surface area contributed by atoms with Crippen LogP contribution < -0.4 is 9.47 Å². The van der Waals surface area contributed by atoms with Crippen molar-refractivity contribution in [3.05, 3.63) is 119 Å². The molecule has 0 spiro atoms. The van der Waals surface area contributed by atoms with Crippen LogP contribution in [0.2, 0.25) is 0 Å². The molecule has 0 bridgehead atoms. The summed E-state index contributed by atoms with van der Waals surface area (Å²) in [5.74, 6) is -1.49. The Balaban J connectivity index is 1.42. The van der Waals surface area contributed by atoms with E-state index in [2.05, 4.69) is 11.3 Å². The number of benzene rings is 4. The van der Waals surface area contributed by atoms with Gasteiger partial charge < -0.3 is 9.47 Å². The van der Waals surface area contributed by atoms with Crippen LogP contribution in [0.25, 0.3) is 10.8 Å². The lowest BCUT2D eigenvalue weighted by atomic mass is 9.97. The predicted molar refractivity (Wildman–Crippen MR) is 134 cm³/mol. The van der Waals surface area contributed by atoms with Crippen LogP contribution in [0.4, 0.5) is 22.0 Å². The molecule has 0 radical (unpaired) electrons. The molecule has 0 aromatic heterocycles. The summed E-state index contributed by atoms with van der Waals surface area (Å²) in [6, 6.07) is 17.4. The Hall–Kier alpha value is -3.87. The fourth-order valence-corrected chi connectivity index (χ4v) is 4.18. The minimum absolute atomic E-state index is 0.0265. The molecular weight excluding hydrogens is 487 g/mol. The van der Waals surface area contributed by atoms with Crippen LogP contribution in [-0.4, -0.2) is 13.2 Å². The second-order valence-electron chi connectivity index (χ2n) is 8.58. The van der Waals surface area contributed by atoms with E-state index in [1.165, 1.54) is 18.2 Å². The van der Waals surface area contributed by atoms with Crippen molar-refractivity contribution in [3.8, 4) is 11.5 Å². The Kier molecular flexibility index (Phi) is 8.43. The van der Waals surface area contributed by atoms with Gasteiger partial charge in [0.25, 0.3) is 0 Å². The fourth-order valence-electron chi connectivity index (χ4n) is 4.18. The number of hydrogen-bond acceptors (Lipinski definition) is 2. The maximum atomic E-state index is 15.2. The average molecular weight is 513 g/mol. The van der Waals surface area contributed by atoms with Gasteiger partial charge in [0.05, 0.1) is 0 Å². The van der Waals surface area contributed by atoms with Crippen molar-refractivity contribution >= 4 is 10.8 Å². The zero-order valence-corrected chi connectivity index (χ0v) is 20.0. The smallest absolute Gasteiger partial charge is 0.387 e. The van der Waals surface area contributed by atoms with Crippen molar-refractivity contribution in [1.82, 2.24) is 0 Å². The molecular formula is C30H25F5O2. The lowest BCUT2D eigenvalue weighted by Crippen LogP contribution is -2.02. The van der Waals surface area contributed by atoms with E-state index >= 15 is 4.39 Å². The Morgan fingerprint density at radius 2 is 1.41 bits per heavy atom. The van der Waals surface area contributed by atoms with Gasteiger partial charge in [-0.15, -0.1) is 0 Å². The molecule has 2 nitrogen and oxygen atoms in total.